The highest BCUT2D eigenvalue weighted by Gasteiger charge is 2.15. The number of nitrogens with one attached hydrogen (secondary N) is 2. The average Bonchev–Trinajstić information content (AvgIpc) is 3.11. The molecule has 0 aliphatic heterocycles. The Morgan fingerprint density at radius 1 is 1.32 bits per heavy atom. The Morgan fingerprint density at radius 3 is 2.82 bits per heavy atom. The van der Waals surface area contributed by atoms with Crippen LogP contribution in [0.5, 0.6) is 5.75 Å². The zero-order valence-electron chi connectivity index (χ0n) is 15.1. The molecule has 0 spiro atoms. The number of aryl methyl sites for hydroxylation is 1. The number of hydrogen-bond donors (Lipinski definition) is 3. The highest BCUT2D eigenvalue weighted by molar-refractivity contribution is 7.99. The number of amides is 1. The van der Waals surface area contributed by atoms with Crippen LogP contribution in [-0.2, 0) is 18.3 Å². The molecule has 0 saturated heterocycles. The average molecular weight is 403 g/mol. The van der Waals surface area contributed by atoms with Crippen molar-refractivity contribution in [1.82, 2.24) is 19.7 Å². The van der Waals surface area contributed by atoms with Gasteiger partial charge in [0.1, 0.15) is 5.75 Å². The van der Waals surface area contributed by atoms with Crippen molar-refractivity contribution in [3.8, 4) is 5.75 Å². The Kier molecular flexibility index (Phi) is 5.64. The maximum atomic E-state index is 12.2. The lowest BCUT2D eigenvalue weighted by molar-refractivity contribution is -0.113. The van der Waals surface area contributed by atoms with E-state index in [1.807, 2.05) is 0 Å². The Hall–Kier alpha value is -3.34. The number of anilines is 1. The SMILES string of the molecule is Cc1[nH]c(=O)n(C)c(=O)c1Cc1nnc(SCC(=O)Nc2ccccc2O)o1. The standard InChI is InChI=1S/C17H17N5O5S/c1-9-10(15(25)22(2)16(26)18-9)7-14-20-21-17(27-14)28-8-13(24)19-11-5-3-4-6-12(11)23/h3-6,23H,7-8H2,1-2H3,(H,18,26)(H,19,24). The maximum absolute atomic E-state index is 12.2. The number of phenolic OH excluding ortho intramolecular Hbond substituents is 1. The van der Waals surface area contributed by atoms with Gasteiger partial charge in [0.05, 0.1) is 17.9 Å². The zero-order valence-corrected chi connectivity index (χ0v) is 15.9. The summed E-state index contributed by atoms with van der Waals surface area (Å²) in [5.41, 5.74) is 0.157. The van der Waals surface area contributed by atoms with Crippen molar-refractivity contribution in [3.63, 3.8) is 0 Å². The molecule has 0 fully saturated rings. The molecule has 28 heavy (non-hydrogen) atoms. The van der Waals surface area contributed by atoms with E-state index in [0.717, 1.165) is 16.3 Å². The Balaban J connectivity index is 1.63. The fourth-order valence-corrected chi connectivity index (χ4v) is 2.98. The van der Waals surface area contributed by atoms with Gasteiger partial charge in [-0.25, -0.2) is 4.79 Å². The summed E-state index contributed by atoms with van der Waals surface area (Å²) in [4.78, 5) is 38.3. The number of aromatic nitrogens is 4. The molecule has 0 atom stereocenters. The Bertz CT molecular complexity index is 1130. The number of aromatic hydroxyl groups is 1. The number of nitrogens with zero attached hydrogens (tertiary/aromatic N) is 3. The summed E-state index contributed by atoms with van der Waals surface area (Å²) >= 11 is 1.02. The smallest absolute Gasteiger partial charge is 0.328 e. The number of benzene rings is 1. The molecule has 0 saturated carbocycles. The molecule has 2 aromatic heterocycles. The molecular formula is C17H17N5O5S. The number of para-hydroxylation sites is 2. The summed E-state index contributed by atoms with van der Waals surface area (Å²) < 4.78 is 6.43. The van der Waals surface area contributed by atoms with Crippen molar-refractivity contribution in [2.24, 2.45) is 7.05 Å². The summed E-state index contributed by atoms with van der Waals surface area (Å²) in [5.74, 6) is -0.193. The van der Waals surface area contributed by atoms with Crippen molar-refractivity contribution >= 4 is 23.4 Å². The van der Waals surface area contributed by atoms with Gasteiger partial charge < -0.3 is 19.8 Å². The number of rotatable bonds is 6. The molecule has 10 nitrogen and oxygen atoms in total. The van der Waals surface area contributed by atoms with E-state index >= 15 is 0 Å². The third-order valence-electron chi connectivity index (χ3n) is 3.90. The zero-order chi connectivity index (χ0) is 20.3. The van der Waals surface area contributed by atoms with E-state index < -0.39 is 11.2 Å². The molecule has 1 aromatic carbocycles. The Labute approximate surface area is 162 Å². The monoisotopic (exact) mass is 403 g/mol. The molecule has 0 aliphatic carbocycles. The number of H-pyrrole nitrogens is 1. The molecule has 3 N–H and O–H groups in total. The van der Waals surface area contributed by atoms with Crippen molar-refractivity contribution < 1.29 is 14.3 Å². The lowest BCUT2D eigenvalue weighted by Crippen LogP contribution is -2.36. The Morgan fingerprint density at radius 2 is 2.07 bits per heavy atom. The van der Waals surface area contributed by atoms with E-state index in [9.17, 15) is 19.5 Å². The first-order chi connectivity index (χ1) is 13.3. The van der Waals surface area contributed by atoms with Crippen LogP contribution in [-0.4, -0.2) is 36.5 Å². The van der Waals surface area contributed by atoms with Crippen LogP contribution in [0.15, 0.2) is 43.5 Å². The van der Waals surface area contributed by atoms with Crippen LogP contribution in [0.1, 0.15) is 17.1 Å². The second kappa shape index (κ2) is 8.13. The van der Waals surface area contributed by atoms with Crippen molar-refractivity contribution in [3.05, 3.63) is 62.3 Å². The number of hydrogen-bond acceptors (Lipinski definition) is 8. The molecular weight excluding hydrogens is 386 g/mol. The summed E-state index contributed by atoms with van der Waals surface area (Å²) in [6, 6.07) is 6.39. The molecule has 146 valence electrons. The van der Waals surface area contributed by atoms with E-state index in [0.29, 0.717) is 16.9 Å². The van der Waals surface area contributed by atoms with Crippen LogP contribution >= 0.6 is 11.8 Å². The summed E-state index contributed by atoms with van der Waals surface area (Å²) in [5, 5.41) is 20.1. The van der Waals surface area contributed by atoms with Crippen LogP contribution in [0.25, 0.3) is 0 Å². The highest BCUT2D eigenvalue weighted by atomic mass is 32.2. The van der Waals surface area contributed by atoms with Crippen molar-refractivity contribution in [2.45, 2.75) is 18.6 Å². The van der Waals surface area contributed by atoms with Gasteiger partial charge in [0, 0.05) is 18.3 Å². The van der Waals surface area contributed by atoms with E-state index in [2.05, 4.69) is 20.5 Å². The predicted molar refractivity (Wildman–Crippen MR) is 102 cm³/mol. The summed E-state index contributed by atoms with van der Waals surface area (Å²) in [6.45, 7) is 1.62. The van der Waals surface area contributed by atoms with Gasteiger partial charge in [-0.3, -0.25) is 14.2 Å². The largest absolute Gasteiger partial charge is 0.506 e. The number of thioether (sulfide) groups is 1. The third kappa shape index (κ3) is 4.31. The van der Waals surface area contributed by atoms with Crippen LogP contribution in [0, 0.1) is 6.92 Å². The molecule has 11 heteroatoms. The minimum absolute atomic E-state index is 0.00455. The first-order valence-electron chi connectivity index (χ1n) is 8.17. The molecule has 0 radical (unpaired) electrons. The van der Waals surface area contributed by atoms with E-state index in [-0.39, 0.29) is 34.9 Å². The molecule has 0 bridgehead atoms. The minimum Gasteiger partial charge on any atom is -0.506 e. The summed E-state index contributed by atoms with van der Waals surface area (Å²) in [7, 11) is 1.38. The summed E-state index contributed by atoms with van der Waals surface area (Å²) in [6.07, 6.45) is 0.0624. The number of carbonyl (C=O) groups is 1. The molecule has 0 unspecified atom stereocenters. The minimum atomic E-state index is -0.497. The van der Waals surface area contributed by atoms with Gasteiger partial charge in [-0.15, -0.1) is 10.2 Å². The topological polar surface area (TPSA) is 143 Å². The lowest BCUT2D eigenvalue weighted by atomic mass is 10.2. The van der Waals surface area contributed by atoms with Crippen LogP contribution < -0.4 is 16.6 Å². The molecule has 2 heterocycles. The first kappa shape index (κ1) is 19.4. The van der Waals surface area contributed by atoms with Gasteiger partial charge in [-0.05, 0) is 19.1 Å². The van der Waals surface area contributed by atoms with Crippen molar-refractivity contribution in [2.75, 3.05) is 11.1 Å². The highest BCUT2D eigenvalue weighted by Crippen LogP contribution is 2.23. The number of carbonyl (C=O) groups excluding carboxylic acids is 1. The molecule has 0 aliphatic rings. The molecule has 3 rings (SSSR count). The first-order valence-corrected chi connectivity index (χ1v) is 9.15. The maximum Gasteiger partial charge on any atom is 0.328 e. The van der Waals surface area contributed by atoms with Crippen molar-refractivity contribution in [1.29, 1.82) is 0 Å². The lowest BCUT2D eigenvalue weighted by Gasteiger charge is -2.05. The fourth-order valence-electron chi connectivity index (χ4n) is 2.40. The predicted octanol–water partition coefficient (Wildman–Crippen LogP) is 0.792. The van der Waals surface area contributed by atoms with E-state index in [4.69, 9.17) is 4.42 Å². The van der Waals surface area contributed by atoms with Crippen LogP contribution in [0.2, 0.25) is 0 Å². The van der Waals surface area contributed by atoms with Gasteiger partial charge in [-0.1, -0.05) is 23.9 Å². The third-order valence-corrected chi connectivity index (χ3v) is 4.71. The van der Waals surface area contributed by atoms with Gasteiger partial charge in [0.15, 0.2) is 0 Å². The second-order valence-electron chi connectivity index (χ2n) is 5.89. The second-order valence-corrected chi connectivity index (χ2v) is 6.82. The fraction of sp³-hybridized carbons (Fsp3) is 0.235. The quantitative estimate of drug-likeness (QED) is 0.405. The van der Waals surface area contributed by atoms with Gasteiger partial charge in [-0.2, -0.15) is 0 Å². The normalized spacial score (nSPS) is 10.8. The molecule has 1 amide bonds. The van der Waals surface area contributed by atoms with Gasteiger partial charge >= 0.3 is 5.69 Å². The van der Waals surface area contributed by atoms with Crippen LogP contribution in [0.4, 0.5) is 5.69 Å². The van der Waals surface area contributed by atoms with E-state index in [1.165, 1.54) is 13.1 Å². The van der Waals surface area contributed by atoms with E-state index in [1.54, 1.807) is 25.1 Å². The molecule has 3 aromatic rings. The van der Waals surface area contributed by atoms with Gasteiger partial charge in [0.25, 0.3) is 10.8 Å². The number of phenols is 1. The number of aromatic amines is 1. The van der Waals surface area contributed by atoms with Gasteiger partial charge in [0.2, 0.25) is 11.8 Å². The van der Waals surface area contributed by atoms with Crippen LogP contribution in [0.3, 0.4) is 0 Å².